The number of nitrogens with two attached hydrogens (primary N) is 1. The molecule has 0 aromatic carbocycles. The van der Waals surface area contributed by atoms with Crippen LogP contribution in [0.2, 0.25) is 0 Å². The van der Waals surface area contributed by atoms with Crippen LogP contribution in [0.4, 0.5) is 0 Å². The van der Waals surface area contributed by atoms with Gasteiger partial charge in [-0.25, -0.2) is 0 Å². The molecule has 0 bridgehead atoms. The Balaban J connectivity index is 3.65. The van der Waals surface area contributed by atoms with Crippen molar-refractivity contribution < 1.29 is 10.2 Å². The fraction of sp³-hybridized carbons (Fsp3) is 0.909. The molecule has 0 aliphatic heterocycles. The van der Waals surface area contributed by atoms with Crippen LogP contribution in [0.15, 0.2) is 0 Å². The Hall–Kier alpha value is -0.160. The van der Waals surface area contributed by atoms with Crippen molar-refractivity contribution in [3.05, 3.63) is 6.92 Å². The van der Waals surface area contributed by atoms with Crippen LogP contribution in [0.25, 0.3) is 0 Å². The highest BCUT2D eigenvalue weighted by Gasteiger charge is 2.28. The van der Waals surface area contributed by atoms with E-state index in [1.807, 2.05) is 0 Å². The lowest BCUT2D eigenvalue weighted by Crippen LogP contribution is -2.36. The van der Waals surface area contributed by atoms with Crippen LogP contribution in [-0.4, -0.2) is 41.0 Å². The van der Waals surface area contributed by atoms with Crippen LogP contribution in [0.1, 0.15) is 33.1 Å². The minimum atomic E-state index is -1.29. The van der Waals surface area contributed by atoms with Crippen molar-refractivity contribution in [3.63, 3.8) is 0 Å². The topological polar surface area (TPSA) is 78.5 Å². The first-order chi connectivity index (χ1) is 6.77. The predicted molar refractivity (Wildman–Crippen MR) is 61.3 cm³/mol. The van der Waals surface area contributed by atoms with Crippen LogP contribution in [-0.2, 0) is 0 Å². The first kappa shape index (κ1) is 14.8. The number of aliphatic hydroxyl groups is 2. The Morgan fingerprint density at radius 1 is 1.27 bits per heavy atom. The van der Waals surface area contributed by atoms with E-state index in [0.717, 1.165) is 19.5 Å². The third-order valence-corrected chi connectivity index (χ3v) is 2.02. The van der Waals surface area contributed by atoms with Gasteiger partial charge in [0.05, 0.1) is 11.2 Å². The molecule has 0 aliphatic rings. The van der Waals surface area contributed by atoms with Crippen LogP contribution >= 0.6 is 0 Å². The van der Waals surface area contributed by atoms with E-state index in [-0.39, 0.29) is 6.42 Å². The molecular weight excluding hydrogens is 192 g/mol. The zero-order valence-electron chi connectivity index (χ0n) is 9.79. The van der Waals surface area contributed by atoms with Crippen molar-refractivity contribution in [2.24, 2.45) is 5.73 Å². The lowest BCUT2D eigenvalue weighted by Gasteiger charge is -2.29. The Morgan fingerprint density at radius 3 is 2.33 bits per heavy atom. The fourth-order valence-electron chi connectivity index (χ4n) is 1.58. The lowest BCUT2D eigenvalue weighted by molar-refractivity contribution is -0.0251. The summed E-state index contributed by atoms with van der Waals surface area (Å²) >= 11 is 0. The zero-order chi connectivity index (χ0) is 11.9. The van der Waals surface area contributed by atoms with Crippen molar-refractivity contribution in [2.45, 2.75) is 44.3 Å². The van der Waals surface area contributed by atoms with Gasteiger partial charge in [0, 0.05) is 19.5 Å². The molecule has 0 spiro atoms. The maximum Gasteiger partial charge on any atom is 0.0711 e. The Labute approximate surface area is 92.9 Å². The summed E-state index contributed by atoms with van der Waals surface area (Å²) in [5, 5.41) is 22.4. The number of nitrogens with one attached hydrogen (secondary N) is 1. The molecule has 0 saturated heterocycles. The van der Waals surface area contributed by atoms with Gasteiger partial charge in [-0.3, -0.25) is 0 Å². The highest BCUT2D eigenvalue weighted by atomic mass is 16.3. The van der Waals surface area contributed by atoms with E-state index in [1.165, 1.54) is 0 Å². The average Bonchev–Trinajstić information content (AvgIpc) is 1.99. The maximum absolute atomic E-state index is 9.77. The Morgan fingerprint density at radius 2 is 1.87 bits per heavy atom. The van der Waals surface area contributed by atoms with Crippen LogP contribution in [0, 0.1) is 6.92 Å². The molecule has 0 aliphatic carbocycles. The molecule has 1 atom stereocenters. The maximum atomic E-state index is 9.77. The quantitative estimate of drug-likeness (QED) is 0.428. The molecule has 0 saturated carbocycles. The molecule has 1 unspecified atom stereocenters. The molecule has 0 aromatic heterocycles. The second kappa shape index (κ2) is 6.43. The summed E-state index contributed by atoms with van der Waals surface area (Å²) in [4.78, 5) is 0. The SMILES string of the molecule is [CH]C(O)(CCCNCCN)CC(C)(C)O. The third kappa shape index (κ3) is 10.1. The van der Waals surface area contributed by atoms with Crippen LogP contribution in [0.5, 0.6) is 0 Å². The van der Waals surface area contributed by atoms with Gasteiger partial charge < -0.3 is 21.3 Å². The number of rotatable bonds is 8. The molecule has 2 radical (unpaired) electrons. The largest absolute Gasteiger partial charge is 0.390 e. The first-order valence-corrected chi connectivity index (χ1v) is 5.41. The highest BCUT2D eigenvalue weighted by Crippen LogP contribution is 2.23. The van der Waals surface area contributed by atoms with Gasteiger partial charge >= 0.3 is 0 Å². The molecule has 0 amide bonds. The van der Waals surface area contributed by atoms with E-state index in [1.54, 1.807) is 13.8 Å². The molecule has 0 fully saturated rings. The summed E-state index contributed by atoms with van der Waals surface area (Å²) < 4.78 is 0. The minimum Gasteiger partial charge on any atom is -0.390 e. The molecular formula is C11H24N2O2. The Kier molecular flexibility index (Phi) is 6.36. The highest BCUT2D eigenvalue weighted by molar-refractivity contribution is 4.87. The zero-order valence-corrected chi connectivity index (χ0v) is 9.79. The summed E-state index contributed by atoms with van der Waals surface area (Å²) in [5.41, 5.74) is 3.08. The van der Waals surface area contributed by atoms with Crippen LogP contribution in [0.3, 0.4) is 0 Å². The van der Waals surface area contributed by atoms with Crippen molar-refractivity contribution in [2.75, 3.05) is 19.6 Å². The van der Waals surface area contributed by atoms with Gasteiger partial charge in [0.2, 0.25) is 0 Å². The smallest absolute Gasteiger partial charge is 0.0711 e. The molecule has 4 heteroatoms. The van der Waals surface area contributed by atoms with Crippen molar-refractivity contribution >= 4 is 0 Å². The minimum absolute atomic E-state index is 0.177. The Bertz CT molecular complexity index is 164. The summed E-state index contributed by atoms with van der Waals surface area (Å²) in [5.74, 6) is 0. The fourth-order valence-corrected chi connectivity index (χ4v) is 1.58. The molecule has 15 heavy (non-hydrogen) atoms. The molecule has 90 valence electrons. The van der Waals surface area contributed by atoms with Gasteiger partial charge in [0.25, 0.3) is 0 Å². The molecule has 0 aromatic rings. The summed E-state index contributed by atoms with van der Waals surface area (Å²) in [6.45, 7) is 11.1. The van der Waals surface area contributed by atoms with Gasteiger partial charge in [-0.05, 0) is 40.2 Å². The van der Waals surface area contributed by atoms with E-state index >= 15 is 0 Å². The molecule has 5 N–H and O–H groups in total. The van der Waals surface area contributed by atoms with E-state index in [4.69, 9.17) is 12.7 Å². The normalized spacial score (nSPS) is 16.4. The van der Waals surface area contributed by atoms with Crippen molar-refractivity contribution in [3.8, 4) is 0 Å². The van der Waals surface area contributed by atoms with Gasteiger partial charge in [0.1, 0.15) is 0 Å². The standard InChI is InChI=1S/C11H24N2O2/c1-10(2,14)9-11(3,15)5-4-7-13-8-6-12/h3,13-15H,4-9,12H2,1-2H3. The second-order valence-electron chi connectivity index (χ2n) is 4.74. The summed E-state index contributed by atoms with van der Waals surface area (Å²) in [6, 6.07) is 0. The number of hydrogen-bond acceptors (Lipinski definition) is 4. The number of hydrogen-bond donors (Lipinski definition) is 4. The van der Waals surface area contributed by atoms with E-state index in [2.05, 4.69) is 5.32 Å². The van der Waals surface area contributed by atoms with Crippen molar-refractivity contribution in [1.29, 1.82) is 0 Å². The van der Waals surface area contributed by atoms with Gasteiger partial charge in [-0.15, -0.1) is 0 Å². The lowest BCUT2D eigenvalue weighted by atomic mass is 9.87. The van der Waals surface area contributed by atoms with Gasteiger partial charge in [-0.2, -0.15) is 0 Å². The third-order valence-electron chi connectivity index (χ3n) is 2.02. The first-order valence-electron chi connectivity index (χ1n) is 5.41. The van der Waals surface area contributed by atoms with Crippen LogP contribution < -0.4 is 11.1 Å². The van der Waals surface area contributed by atoms with Gasteiger partial charge in [-0.1, -0.05) is 0 Å². The second-order valence-corrected chi connectivity index (χ2v) is 4.74. The van der Waals surface area contributed by atoms with E-state index < -0.39 is 11.2 Å². The summed E-state index contributed by atoms with van der Waals surface area (Å²) in [7, 11) is 0. The monoisotopic (exact) mass is 216 g/mol. The average molecular weight is 216 g/mol. The summed E-state index contributed by atoms with van der Waals surface area (Å²) in [6.07, 6.45) is 1.41. The van der Waals surface area contributed by atoms with Crippen molar-refractivity contribution in [1.82, 2.24) is 5.32 Å². The molecule has 0 heterocycles. The molecule has 4 nitrogen and oxygen atoms in total. The molecule has 0 rings (SSSR count). The van der Waals surface area contributed by atoms with Gasteiger partial charge in [0.15, 0.2) is 0 Å². The predicted octanol–water partition coefficient (Wildman–Crippen LogP) is -0.0819. The van der Waals surface area contributed by atoms with E-state index in [0.29, 0.717) is 13.0 Å². The van der Waals surface area contributed by atoms with E-state index in [9.17, 15) is 10.2 Å².